The molecule has 1 aromatic rings. The van der Waals surface area contributed by atoms with Gasteiger partial charge in [-0.15, -0.1) is 0 Å². The number of esters is 1. The van der Waals surface area contributed by atoms with Crippen LogP contribution in [0.15, 0.2) is 113 Å². The monoisotopic (exact) mass is 851 g/mol. The van der Waals surface area contributed by atoms with E-state index in [0.717, 1.165) is 5.57 Å². The number of cyclic esters (lactones) is 1. The van der Waals surface area contributed by atoms with E-state index in [4.69, 9.17) is 28.1 Å². The minimum atomic E-state index is -0.939. The Bertz CT molecular complexity index is 1740. The van der Waals surface area contributed by atoms with Crippen LogP contribution in [0.25, 0.3) is 6.08 Å². The number of rotatable bonds is 8. The molecule has 0 amide bonds. The van der Waals surface area contributed by atoms with Gasteiger partial charge in [0.25, 0.3) is 0 Å². The zero-order valence-electron chi connectivity index (χ0n) is 37.0. The molecule has 61 heavy (non-hydrogen) atoms. The maximum absolute atomic E-state index is 13.0. The van der Waals surface area contributed by atoms with Crippen molar-refractivity contribution in [2.24, 2.45) is 17.8 Å². The summed E-state index contributed by atoms with van der Waals surface area (Å²) in [6.07, 6.45) is 23.2. The smallest absolute Gasteiger partial charge is 0.331 e. The number of fused-ring (bicyclic) bond motifs is 2. The zero-order valence-corrected chi connectivity index (χ0v) is 37.0. The lowest BCUT2D eigenvalue weighted by atomic mass is 9.86. The van der Waals surface area contributed by atoms with Crippen molar-refractivity contribution >= 4 is 12.0 Å². The van der Waals surface area contributed by atoms with E-state index in [0.29, 0.717) is 11.6 Å². The Morgan fingerprint density at radius 2 is 1.43 bits per heavy atom. The molecule has 1 aromatic heterocycles. The number of aromatic nitrogens is 1. The van der Waals surface area contributed by atoms with E-state index in [2.05, 4.69) is 11.1 Å². The normalized spacial score (nSPS) is 38.1. The second kappa shape index (κ2) is 26.5. The topological polar surface area (TPSA) is 190 Å². The van der Waals surface area contributed by atoms with Crippen LogP contribution < -0.4 is 0 Å². The molecule has 0 saturated carbocycles. The number of ether oxygens (including phenoxy) is 5. The molecule has 13 nitrogen and oxygen atoms in total. The fraction of sp³-hybridized carbons (Fsp3) is 0.542. The van der Waals surface area contributed by atoms with Crippen molar-refractivity contribution in [3.63, 3.8) is 0 Å². The van der Waals surface area contributed by atoms with Crippen LogP contribution in [0.1, 0.15) is 78.8 Å². The summed E-state index contributed by atoms with van der Waals surface area (Å²) in [5.41, 5.74) is 1.49. The van der Waals surface area contributed by atoms with Crippen LogP contribution in [0.5, 0.6) is 0 Å². The van der Waals surface area contributed by atoms with Crippen molar-refractivity contribution in [2.45, 2.75) is 135 Å². The summed E-state index contributed by atoms with van der Waals surface area (Å²) < 4.78 is 35.5. The number of carbonyl (C=O) groups excluding carboxylic acids is 1. The van der Waals surface area contributed by atoms with Gasteiger partial charge in [-0.05, 0) is 33.3 Å². The van der Waals surface area contributed by atoms with Crippen molar-refractivity contribution in [2.75, 3.05) is 14.2 Å². The highest BCUT2D eigenvalue weighted by Crippen LogP contribution is 2.29. The molecule has 2 bridgehead atoms. The Balaban J connectivity index is 1.94. The highest BCUT2D eigenvalue weighted by molar-refractivity contribution is 5.82. The standard InChI is InChI=1S/C48H69NO12/c1-30-20-14-10-13-17-25-42(54)61-44(34(5)39(52)27-33(4)50)31(2)21-15-11-12-16-23-38(51)28-40(53)35(6)47-49-37(29-58-47)22-18-19-24-41(32(3)26-30)60-48-46(57-9)45(56-8)43(55)36(7)59-48/h10-26,29,31-36,38-41,43-46,48,50-53,55H,27-28H2,1-9H3/b12-11+,13-10+,20-14-,21-15-,22-18+,23-16+,24-19-,25-17-,30-26+/t31?,32?,33?,34?,35?,36-,38?,39?,40?,41?,43-,44?,45+,46-,48+/m1/s1. The summed E-state index contributed by atoms with van der Waals surface area (Å²) in [7, 11) is 3.03. The number of nitrogens with zero attached hydrogens (tertiary/aromatic N) is 1. The molecule has 15 atom stereocenters. The molecule has 0 radical (unpaired) electrons. The number of oxazole rings is 1. The van der Waals surface area contributed by atoms with Gasteiger partial charge in [0.15, 0.2) is 12.2 Å². The van der Waals surface area contributed by atoms with Crippen LogP contribution in [0.3, 0.4) is 0 Å². The van der Waals surface area contributed by atoms with Gasteiger partial charge in [0, 0.05) is 44.5 Å². The predicted molar refractivity (Wildman–Crippen MR) is 235 cm³/mol. The maximum atomic E-state index is 13.0. The van der Waals surface area contributed by atoms with Gasteiger partial charge in [-0.25, -0.2) is 9.78 Å². The van der Waals surface area contributed by atoms with Gasteiger partial charge >= 0.3 is 5.97 Å². The average Bonchev–Trinajstić information content (AvgIpc) is 3.69. The van der Waals surface area contributed by atoms with Gasteiger partial charge < -0.3 is 53.6 Å². The molecule has 1 saturated heterocycles. The van der Waals surface area contributed by atoms with Crippen molar-refractivity contribution < 1.29 is 58.4 Å². The van der Waals surface area contributed by atoms with Crippen LogP contribution in [0, 0.1) is 17.8 Å². The molecule has 13 heteroatoms. The SMILES string of the molecule is CO[C@H]1[C@H](OC2/C=C\C=C\c3coc(n3)C(C)C(O)CC(O)/C=C/C=C/C=C\C(C)C(C(C)C(O)CC(C)O)OC(=O)\C=C/C=C/C=C\C(C)=C\C2C)O[C@H](C)[C@@H](O)[C@@H]1OC. The van der Waals surface area contributed by atoms with E-state index in [1.807, 2.05) is 51.2 Å². The second-order valence-electron chi connectivity index (χ2n) is 16.0. The molecule has 0 spiro atoms. The molecular formula is C48H69NO12. The summed E-state index contributed by atoms with van der Waals surface area (Å²) in [6.45, 7) is 12.8. The minimum Gasteiger partial charge on any atom is -0.458 e. The van der Waals surface area contributed by atoms with E-state index in [1.165, 1.54) is 26.6 Å². The first-order valence-corrected chi connectivity index (χ1v) is 21.0. The lowest BCUT2D eigenvalue weighted by molar-refractivity contribution is -0.310. The molecule has 3 heterocycles. The third kappa shape index (κ3) is 17.0. The van der Waals surface area contributed by atoms with Gasteiger partial charge in [-0.3, -0.25) is 0 Å². The molecular weight excluding hydrogens is 783 g/mol. The molecule has 2 aliphatic rings. The van der Waals surface area contributed by atoms with E-state index >= 15 is 0 Å². The van der Waals surface area contributed by atoms with Crippen molar-refractivity contribution in [1.82, 2.24) is 4.98 Å². The highest BCUT2D eigenvalue weighted by atomic mass is 16.7. The van der Waals surface area contributed by atoms with Crippen LogP contribution in [-0.4, -0.2) is 118 Å². The lowest BCUT2D eigenvalue weighted by Gasteiger charge is -2.43. The van der Waals surface area contributed by atoms with Crippen LogP contribution >= 0.6 is 0 Å². The molecule has 1 fully saturated rings. The second-order valence-corrected chi connectivity index (χ2v) is 16.0. The number of hydrogen-bond donors (Lipinski definition) is 5. The molecule has 2 aliphatic heterocycles. The van der Waals surface area contributed by atoms with Crippen LogP contribution in [-0.2, 0) is 28.5 Å². The Labute approximate surface area is 361 Å². The molecule has 5 N–H and O–H groups in total. The molecule has 0 aromatic carbocycles. The minimum absolute atomic E-state index is 0.0550. The molecule has 0 aliphatic carbocycles. The largest absolute Gasteiger partial charge is 0.458 e. The summed E-state index contributed by atoms with van der Waals surface area (Å²) in [4.78, 5) is 17.5. The molecule has 10 unspecified atom stereocenters. The number of aliphatic hydroxyl groups is 5. The van der Waals surface area contributed by atoms with E-state index < -0.39 is 85.1 Å². The summed E-state index contributed by atoms with van der Waals surface area (Å²) in [6, 6.07) is 0. The summed E-state index contributed by atoms with van der Waals surface area (Å²) >= 11 is 0. The Morgan fingerprint density at radius 1 is 0.803 bits per heavy atom. The fourth-order valence-electron chi connectivity index (χ4n) is 7.08. The van der Waals surface area contributed by atoms with Crippen molar-refractivity contribution in [1.29, 1.82) is 0 Å². The fourth-order valence-corrected chi connectivity index (χ4v) is 7.08. The third-order valence-electron chi connectivity index (χ3n) is 10.8. The van der Waals surface area contributed by atoms with E-state index in [-0.39, 0.29) is 24.7 Å². The maximum Gasteiger partial charge on any atom is 0.331 e. The Hall–Kier alpha value is -4.02. The number of hydrogen-bond acceptors (Lipinski definition) is 13. The van der Waals surface area contributed by atoms with Gasteiger partial charge in [0.05, 0.1) is 42.5 Å². The van der Waals surface area contributed by atoms with E-state index in [9.17, 15) is 30.3 Å². The third-order valence-corrected chi connectivity index (χ3v) is 10.8. The van der Waals surface area contributed by atoms with Crippen LogP contribution in [0.4, 0.5) is 0 Å². The van der Waals surface area contributed by atoms with E-state index in [1.54, 1.807) is 88.5 Å². The first-order chi connectivity index (χ1) is 29.1. The highest BCUT2D eigenvalue weighted by Gasteiger charge is 2.46. The number of allylic oxidation sites excluding steroid dienone is 12. The zero-order chi connectivity index (χ0) is 45.1. The quantitative estimate of drug-likeness (QED) is 0.185. The van der Waals surface area contributed by atoms with Gasteiger partial charge in [-0.2, -0.15) is 0 Å². The number of methoxy groups -OCH3 is 2. The van der Waals surface area contributed by atoms with Crippen LogP contribution in [0.2, 0.25) is 0 Å². The Kier molecular flexibility index (Phi) is 22.3. The average molecular weight is 852 g/mol. The molecule has 3 rings (SSSR count). The van der Waals surface area contributed by atoms with Gasteiger partial charge in [-0.1, -0.05) is 124 Å². The van der Waals surface area contributed by atoms with Crippen molar-refractivity contribution in [3.05, 3.63) is 121 Å². The first kappa shape index (κ1) is 51.3. The lowest BCUT2D eigenvalue weighted by Crippen LogP contribution is -2.59. The number of carbonyl (C=O) groups is 1. The Morgan fingerprint density at radius 3 is 2.10 bits per heavy atom. The van der Waals surface area contributed by atoms with Gasteiger partial charge in [0.2, 0.25) is 0 Å². The predicted octanol–water partition coefficient (Wildman–Crippen LogP) is 6.23. The summed E-state index contributed by atoms with van der Waals surface area (Å²) in [5.74, 6) is -1.69. The number of aliphatic hydroxyl groups excluding tert-OH is 5. The first-order valence-electron chi connectivity index (χ1n) is 21.0. The summed E-state index contributed by atoms with van der Waals surface area (Å²) in [5, 5.41) is 52.9. The van der Waals surface area contributed by atoms with Gasteiger partial charge in [0.1, 0.15) is 36.4 Å². The van der Waals surface area contributed by atoms with Crippen molar-refractivity contribution in [3.8, 4) is 0 Å². The molecule has 338 valence electrons.